The van der Waals surface area contributed by atoms with E-state index in [0.717, 1.165) is 10.0 Å². The zero-order valence-corrected chi connectivity index (χ0v) is 12.3. The molecule has 0 fully saturated rings. The van der Waals surface area contributed by atoms with E-state index in [2.05, 4.69) is 15.9 Å². The third-order valence-electron chi connectivity index (χ3n) is 3.04. The Hall–Kier alpha value is -2.07. The molecule has 20 heavy (non-hydrogen) atoms. The van der Waals surface area contributed by atoms with E-state index in [1.807, 2.05) is 24.3 Å². The molecule has 2 aromatic carbocycles. The maximum absolute atomic E-state index is 12.2. The number of carbonyl (C=O) groups excluding carboxylic acids is 1. The molecule has 3 rings (SSSR count). The van der Waals surface area contributed by atoms with Crippen molar-refractivity contribution in [3.63, 3.8) is 0 Å². The van der Waals surface area contributed by atoms with Crippen LogP contribution in [-0.4, -0.2) is 12.9 Å². The first kappa shape index (κ1) is 12.9. The molecule has 1 heterocycles. The van der Waals surface area contributed by atoms with Crippen LogP contribution in [-0.2, 0) is 0 Å². The highest BCUT2D eigenvalue weighted by atomic mass is 79.9. The number of benzene rings is 2. The molecule has 0 spiro atoms. The molecule has 1 aliphatic rings. The number of hydrogen-bond acceptors (Lipinski definition) is 3. The molecule has 3 nitrogen and oxygen atoms in total. The standard InChI is InChI=1S/C16H11BrO3/c1-19-12-6-7-13-14(9-12)20-15(16(13)18)8-10-2-4-11(17)5-3-10/h2-9H,1H3. The molecule has 100 valence electrons. The fourth-order valence-electron chi connectivity index (χ4n) is 2.00. The molecule has 0 aliphatic carbocycles. The van der Waals surface area contributed by atoms with Crippen molar-refractivity contribution in [2.24, 2.45) is 0 Å². The normalized spacial score (nSPS) is 15.1. The van der Waals surface area contributed by atoms with Crippen LogP contribution in [0.4, 0.5) is 0 Å². The third kappa shape index (κ3) is 2.34. The zero-order chi connectivity index (χ0) is 14.1. The van der Waals surface area contributed by atoms with E-state index in [0.29, 0.717) is 22.8 Å². The zero-order valence-electron chi connectivity index (χ0n) is 10.7. The molecule has 0 saturated carbocycles. The molecular weight excluding hydrogens is 320 g/mol. The molecule has 0 atom stereocenters. The van der Waals surface area contributed by atoms with Crippen LogP contribution < -0.4 is 9.47 Å². The van der Waals surface area contributed by atoms with E-state index >= 15 is 0 Å². The summed E-state index contributed by atoms with van der Waals surface area (Å²) >= 11 is 3.38. The first-order valence-corrected chi connectivity index (χ1v) is 6.84. The second-order valence-electron chi connectivity index (χ2n) is 4.35. The van der Waals surface area contributed by atoms with Gasteiger partial charge in [0.1, 0.15) is 11.5 Å². The summed E-state index contributed by atoms with van der Waals surface area (Å²) in [6, 6.07) is 12.9. The fourth-order valence-corrected chi connectivity index (χ4v) is 2.27. The van der Waals surface area contributed by atoms with Gasteiger partial charge in [0.2, 0.25) is 5.78 Å². The van der Waals surface area contributed by atoms with Gasteiger partial charge in [-0.2, -0.15) is 0 Å². The summed E-state index contributed by atoms with van der Waals surface area (Å²) in [5.41, 5.74) is 1.48. The van der Waals surface area contributed by atoms with E-state index in [-0.39, 0.29) is 5.78 Å². The van der Waals surface area contributed by atoms with Crippen molar-refractivity contribution in [1.29, 1.82) is 0 Å². The van der Waals surface area contributed by atoms with Crippen LogP contribution in [0.25, 0.3) is 6.08 Å². The second kappa shape index (κ2) is 5.13. The largest absolute Gasteiger partial charge is 0.497 e. The van der Waals surface area contributed by atoms with Crippen molar-refractivity contribution in [3.05, 3.63) is 63.8 Å². The van der Waals surface area contributed by atoms with Crippen molar-refractivity contribution in [2.45, 2.75) is 0 Å². The number of carbonyl (C=O) groups is 1. The Morgan fingerprint density at radius 2 is 1.90 bits per heavy atom. The van der Waals surface area contributed by atoms with Crippen LogP contribution >= 0.6 is 15.9 Å². The molecule has 0 radical (unpaired) electrons. The molecular formula is C16H11BrO3. The molecule has 2 aromatic rings. The second-order valence-corrected chi connectivity index (χ2v) is 5.27. The van der Waals surface area contributed by atoms with E-state index in [1.54, 1.807) is 31.4 Å². The van der Waals surface area contributed by atoms with E-state index in [4.69, 9.17) is 9.47 Å². The average molecular weight is 331 g/mol. The molecule has 0 saturated heterocycles. The molecule has 0 amide bonds. The molecule has 0 N–H and O–H groups in total. The molecule has 1 aliphatic heterocycles. The van der Waals surface area contributed by atoms with Gasteiger partial charge in [-0.25, -0.2) is 0 Å². The van der Waals surface area contributed by atoms with Crippen LogP contribution in [0.15, 0.2) is 52.7 Å². The topological polar surface area (TPSA) is 35.5 Å². The Kier molecular flexibility index (Phi) is 3.32. The number of methoxy groups -OCH3 is 1. The number of halogens is 1. The lowest BCUT2D eigenvalue weighted by molar-refractivity contribution is 0.101. The lowest BCUT2D eigenvalue weighted by atomic mass is 10.1. The van der Waals surface area contributed by atoms with Crippen molar-refractivity contribution in [1.82, 2.24) is 0 Å². The Balaban J connectivity index is 1.94. The SMILES string of the molecule is COc1ccc2c(c1)OC(=Cc1ccc(Br)cc1)C2=O. The number of ketones is 1. The smallest absolute Gasteiger partial charge is 0.231 e. The maximum atomic E-state index is 12.2. The number of ether oxygens (including phenoxy) is 2. The van der Waals surface area contributed by atoms with Gasteiger partial charge in [0.25, 0.3) is 0 Å². The summed E-state index contributed by atoms with van der Waals surface area (Å²) in [5.74, 6) is 1.43. The number of fused-ring (bicyclic) bond motifs is 1. The number of Topliss-reactive ketones (excluding diaryl/α,β-unsaturated/α-hetero) is 1. The van der Waals surface area contributed by atoms with Gasteiger partial charge in [-0.1, -0.05) is 28.1 Å². The van der Waals surface area contributed by atoms with Gasteiger partial charge in [0.05, 0.1) is 12.7 Å². The Morgan fingerprint density at radius 1 is 1.15 bits per heavy atom. The van der Waals surface area contributed by atoms with Gasteiger partial charge in [0, 0.05) is 10.5 Å². The summed E-state index contributed by atoms with van der Waals surface area (Å²) < 4.78 is 11.7. The van der Waals surface area contributed by atoms with Gasteiger partial charge < -0.3 is 9.47 Å². The van der Waals surface area contributed by atoms with Crippen LogP contribution in [0.1, 0.15) is 15.9 Å². The maximum Gasteiger partial charge on any atom is 0.231 e. The number of hydrogen-bond donors (Lipinski definition) is 0. The summed E-state index contributed by atoms with van der Waals surface area (Å²) in [6.07, 6.45) is 1.74. The van der Waals surface area contributed by atoms with Gasteiger partial charge in [-0.3, -0.25) is 4.79 Å². The highest BCUT2D eigenvalue weighted by Gasteiger charge is 2.27. The predicted molar refractivity (Wildman–Crippen MR) is 80.1 cm³/mol. The molecule has 0 aromatic heterocycles. The third-order valence-corrected chi connectivity index (χ3v) is 3.57. The predicted octanol–water partition coefficient (Wildman–Crippen LogP) is 4.07. The van der Waals surface area contributed by atoms with Gasteiger partial charge in [-0.15, -0.1) is 0 Å². The lowest BCUT2D eigenvalue weighted by Crippen LogP contribution is -1.97. The summed E-state index contributed by atoms with van der Waals surface area (Å²) in [5, 5.41) is 0. The minimum atomic E-state index is -0.106. The Bertz CT molecular complexity index is 702. The van der Waals surface area contributed by atoms with Crippen LogP contribution in [0.5, 0.6) is 11.5 Å². The van der Waals surface area contributed by atoms with Gasteiger partial charge >= 0.3 is 0 Å². The van der Waals surface area contributed by atoms with E-state index < -0.39 is 0 Å². The summed E-state index contributed by atoms with van der Waals surface area (Å²) in [7, 11) is 1.58. The molecule has 4 heteroatoms. The number of rotatable bonds is 2. The van der Waals surface area contributed by atoms with Crippen molar-refractivity contribution < 1.29 is 14.3 Å². The van der Waals surface area contributed by atoms with Crippen LogP contribution in [0, 0.1) is 0 Å². The molecule has 0 bridgehead atoms. The average Bonchev–Trinajstić information content (AvgIpc) is 2.77. The van der Waals surface area contributed by atoms with Crippen LogP contribution in [0.3, 0.4) is 0 Å². The lowest BCUT2D eigenvalue weighted by Gasteiger charge is -2.01. The highest BCUT2D eigenvalue weighted by Crippen LogP contribution is 2.34. The monoisotopic (exact) mass is 330 g/mol. The van der Waals surface area contributed by atoms with Gasteiger partial charge in [-0.05, 0) is 35.9 Å². The van der Waals surface area contributed by atoms with E-state index in [1.165, 1.54) is 0 Å². The first-order valence-electron chi connectivity index (χ1n) is 6.05. The highest BCUT2D eigenvalue weighted by molar-refractivity contribution is 9.10. The van der Waals surface area contributed by atoms with E-state index in [9.17, 15) is 4.79 Å². The summed E-state index contributed by atoms with van der Waals surface area (Å²) in [4.78, 5) is 12.2. The first-order chi connectivity index (χ1) is 9.67. The summed E-state index contributed by atoms with van der Waals surface area (Å²) in [6.45, 7) is 0. The molecule has 0 unspecified atom stereocenters. The Labute approximate surface area is 125 Å². The minimum Gasteiger partial charge on any atom is -0.497 e. The Morgan fingerprint density at radius 3 is 2.60 bits per heavy atom. The fraction of sp³-hybridized carbons (Fsp3) is 0.0625. The van der Waals surface area contributed by atoms with Gasteiger partial charge in [0.15, 0.2) is 5.76 Å². The minimum absolute atomic E-state index is 0.106. The van der Waals surface area contributed by atoms with Crippen molar-refractivity contribution in [3.8, 4) is 11.5 Å². The quantitative estimate of drug-likeness (QED) is 0.778. The van der Waals surface area contributed by atoms with Crippen molar-refractivity contribution >= 4 is 27.8 Å². The van der Waals surface area contributed by atoms with Crippen molar-refractivity contribution in [2.75, 3.05) is 7.11 Å². The van der Waals surface area contributed by atoms with Crippen LogP contribution in [0.2, 0.25) is 0 Å². The number of allylic oxidation sites excluding steroid dienone is 1.